The van der Waals surface area contributed by atoms with Crippen molar-refractivity contribution in [3.05, 3.63) is 100 Å². The first-order valence-corrected chi connectivity index (χ1v) is 16.0. The van der Waals surface area contributed by atoms with E-state index in [0.717, 1.165) is 28.7 Å². The van der Waals surface area contributed by atoms with E-state index in [9.17, 15) is 18.0 Å². The van der Waals surface area contributed by atoms with Crippen LogP contribution in [-0.2, 0) is 14.8 Å². The molecule has 0 aliphatic rings. The number of rotatable bonds is 12. The van der Waals surface area contributed by atoms with Crippen LogP contribution in [0.2, 0.25) is 4.34 Å². The number of halogens is 1. The molecule has 220 valence electrons. The molecular formula is C29H30ClN5O5S2. The molecule has 0 aliphatic heterocycles. The molecule has 0 saturated carbocycles. The van der Waals surface area contributed by atoms with Gasteiger partial charge in [0.1, 0.15) is 16.6 Å². The highest BCUT2D eigenvalue weighted by Crippen LogP contribution is 2.36. The fourth-order valence-corrected chi connectivity index (χ4v) is 6.01. The molecule has 0 saturated heterocycles. The fourth-order valence-electron chi connectivity index (χ4n) is 4.37. The molecule has 0 radical (unpaired) electrons. The van der Waals surface area contributed by atoms with E-state index in [0.29, 0.717) is 34.2 Å². The van der Waals surface area contributed by atoms with E-state index in [1.54, 1.807) is 29.2 Å². The zero-order valence-electron chi connectivity index (χ0n) is 22.7. The van der Waals surface area contributed by atoms with Crippen molar-refractivity contribution in [2.24, 2.45) is 5.73 Å². The number of benzene rings is 3. The summed E-state index contributed by atoms with van der Waals surface area (Å²) in [5.74, 6) is 0.0285. The number of hydrogen-bond donors (Lipinski definition) is 3. The Labute approximate surface area is 253 Å². The van der Waals surface area contributed by atoms with Crippen molar-refractivity contribution < 1.29 is 22.7 Å². The molecule has 0 fully saturated rings. The number of nitrogens with zero attached hydrogens (tertiary/aromatic N) is 2. The maximum atomic E-state index is 13.4. The minimum absolute atomic E-state index is 0.0285. The minimum Gasteiger partial charge on any atom is -0.448 e. The topological polar surface area (TPSA) is 144 Å². The number of nitrogens with two attached hydrogens (primary N) is 1. The number of hydrogen-bond acceptors (Lipinski definition) is 7. The summed E-state index contributed by atoms with van der Waals surface area (Å²) in [7, 11) is -3.41. The normalized spacial score (nSPS) is 11.2. The van der Waals surface area contributed by atoms with Crippen LogP contribution in [0.25, 0.3) is 11.3 Å². The summed E-state index contributed by atoms with van der Waals surface area (Å²) in [6, 6.07) is 26.2. The highest BCUT2D eigenvalue weighted by molar-refractivity contribution is 7.92. The number of carbonyl (C=O) groups excluding carboxylic acids is 2. The lowest BCUT2D eigenvalue weighted by molar-refractivity contribution is 0.139. The average molecular weight is 628 g/mol. The van der Waals surface area contributed by atoms with Gasteiger partial charge in [-0.1, -0.05) is 95.7 Å². The Kier molecular flexibility index (Phi) is 10.4. The van der Waals surface area contributed by atoms with Crippen LogP contribution in [0.5, 0.6) is 0 Å². The number of amides is 3. The highest BCUT2D eigenvalue weighted by Gasteiger charge is 2.21. The van der Waals surface area contributed by atoms with E-state index >= 15 is 0 Å². The van der Waals surface area contributed by atoms with Crippen LogP contribution in [0.4, 0.5) is 20.4 Å². The van der Waals surface area contributed by atoms with Crippen LogP contribution in [0.3, 0.4) is 0 Å². The largest absolute Gasteiger partial charge is 0.448 e. The van der Waals surface area contributed by atoms with Crippen LogP contribution in [0.1, 0.15) is 23.5 Å². The lowest BCUT2D eigenvalue weighted by Gasteiger charge is -2.25. The molecule has 3 aromatic carbocycles. The van der Waals surface area contributed by atoms with Gasteiger partial charge in [-0.2, -0.15) is 0 Å². The van der Waals surface area contributed by atoms with Crippen molar-refractivity contribution in [1.29, 1.82) is 0 Å². The Balaban J connectivity index is 1.50. The van der Waals surface area contributed by atoms with E-state index in [-0.39, 0.29) is 24.2 Å². The van der Waals surface area contributed by atoms with Crippen LogP contribution in [0, 0.1) is 0 Å². The third kappa shape index (κ3) is 8.93. The smallest absolute Gasteiger partial charge is 0.404 e. The van der Waals surface area contributed by atoms with Crippen LogP contribution in [0.15, 0.2) is 84.9 Å². The van der Waals surface area contributed by atoms with Crippen molar-refractivity contribution >= 4 is 55.9 Å². The summed E-state index contributed by atoms with van der Waals surface area (Å²) in [6.07, 6.45) is 0.756. The van der Waals surface area contributed by atoms with Crippen molar-refractivity contribution in [2.45, 2.75) is 12.3 Å². The number of ether oxygens (including phenoxy) is 1. The predicted octanol–water partition coefficient (Wildman–Crippen LogP) is 5.99. The quantitative estimate of drug-likeness (QED) is 0.176. The molecule has 4 rings (SSSR count). The average Bonchev–Trinajstić information content (AvgIpc) is 3.32. The van der Waals surface area contributed by atoms with Crippen molar-refractivity contribution in [3.8, 4) is 11.3 Å². The molecule has 1 heterocycles. The standard InChI is InChI=1S/C29H30ClN5O5S2/c1-42(38,39)34-23-14-12-22(13-15-23)25-26(30)41-28(32-25)33-29(37)35(18-19-40-27(31)36)17-16-24(20-8-4-2-5-9-20)21-10-6-3-7-11-21/h2-15,24,34H,16-19H2,1H3,(H2,31,36)(H,32,33,37). The number of thiazole rings is 1. The van der Waals surface area contributed by atoms with E-state index in [1.807, 2.05) is 36.4 Å². The van der Waals surface area contributed by atoms with Crippen LogP contribution < -0.4 is 15.8 Å². The summed E-state index contributed by atoms with van der Waals surface area (Å²) < 4.78 is 30.6. The van der Waals surface area contributed by atoms with Gasteiger partial charge in [-0.25, -0.2) is 23.0 Å². The first kappa shape index (κ1) is 30.8. The molecule has 1 aromatic heterocycles. The van der Waals surface area contributed by atoms with Crippen molar-refractivity contribution in [1.82, 2.24) is 9.88 Å². The number of primary amides is 1. The van der Waals surface area contributed by atoms with Gasteiger partial charge in [-0.15, -0.1) is 0 Å². The van der Waals surface area contributed by atoms with Gasteiger partial charge in [0.2, 0.25) is 10.0 Å². The molecule has 4 aromatic rings. The SMILES string of the molecule is CS(=O)(=O)Nc1ccc(-c2nc(NC(=O)N(CCOC(N)=O)CCC(c3ccccc3)c3ccccc3)sc2Cl)cc1. The summed E-state index contributed by atoms with van der Waals surface area (Å²) in [5, 5.41) is 3.08. The first-order chi connectivity index (χ1) is 20.1. The fraction of sp³-hybridized carbons (Fsp3) is 0.207. The number of aromatic nitrogens is 1. The molecule has 13 heteroatoms. The van der Waals surface area contributed by atoms with Gasteiger partial charge in [0, 0.05) is 23.7 Å². The summed E-state index contributed by atoms with van der Waals surface area (Å²) >= 11 is 7.55. The zero-order valence-corrected chi connectivity index (χ0v) is 25.1. The van der Waals surface area contributed by atoms with Gasteiger partial charge in [0.15, 0.2) is 5.13 Å². The molecule has 3 amide bonds. The summed E-state index contributed by atoms with van der Waals surface area (Å²) in [5.41, 5.74) is 8.86. The second-order valence-electron chi connectivity index (χ2n) is 9.34. The third-order valence-corrected chi connectivity index (χ3v) is 8.02. The predicted molar refractivity (Wildman–Crippen MR) is 166 cm³/mol. The van der Waals surface area contributed by atoms with E-state index in [1.165, 1.54) is 0 Å². The highest BCUT2D eigenvalue weighted by atomic mass is 35.5. The molecule has 0 unspecified atom stereocenters. The minimum atomic E-state index is -3.41. The Morgan fingerprint density at radius 3 is 2.12 bits per heavy atom. The Bertz CT molecular complexity index is 1560. The zero-order chi connectivity index (χ0) is 30.1. The molecule has 0 spiro atoms. The first-order valence-electron chi connectivity index (χ1n) is 12.9. The second kappa shape index (κ2) is 14.2. The van der Waals surface area contributed by atoms with Gasteiger partial charge >= 0.3 is 12.1 Å². The van der Waals surface area contributed by atoms with E-state index in [4.69, 9.17) is 22.1 Å². The van der Waals surface area contributed by atoms with Crippen LogP contribution in [-0.4, -0.2) is 56.4 Å². The maximum Gasteiger partial charge on any atom is 0.404 e. The molecular weight excluding hydrogens is 598 g/mol. The molecule has 10 nitrogen and oxygen atoms in total. The monoisotopic (exact) mass is 627 g/mol. The number of sulfonamides is 1. The van der Waals surface area contributed by atoms with Gasteiger partial charge < -0.3 is 15.4 Å². The maximum absolute atomic E-state index is 13.4. The molecule has 42 heavy (non-hydrogen) atoms. The lowest BCUT2D eigenvalue weighted by atomic mass is 9.88. The van der Waals surface area contributed by atoms with Crippen LogP contribution >= 0.6 is 22.9 Å². The third-order valence-electron chi connectivity index (χ3n) is 6.25. The molecule has 4 N–H and O–H groups in total. The number of nitrogens with one attached hydrogen (secondary N) is 2. The summed E-state index contributed by atoms with van der Waals surface area (Å²) in [4.78, 5) is 30.6. The van der Waals surface area contributed by atoms with E-state index < -0.39 is 22.1 Å². The number of carbonyl (C=O) groups is 2. The number of urea groups is 1. The van der Waals surface area contributed by atoms with Crippen molar-refractivity contribution in [3.63, 3.8) is 0 Å². The molecule has 0 aliphatic carbocycles. The second-order valence-corrected chi connectivity index (χ2v) is 12.7. The van der Waals surface area contributed by atoms with E-state index in [2.05, 4.69) is 39.3 Å². The Morgan fingerprint density at radius 1 is 0.976 bits per heavy atom. The van der Waals surface area contributed by atoms with Gasteiger partial charge in [-0.05, 0) is 29.7 Å². The van der Waals surface area contributed by atoms with Crippen molar-refractivity contribution in [2.75, 3.05) is 36.0 Å². The molecule has 0 bridgehead atoms. The molecule has 0 atom stereocenters. The Hall–Kier alpha value is -4.13. The van der Waals surface area contributed by atoms with Gasteiger partial charge in [-0.3, -0.25) is 10.0 Å². The number of anilines is 2. The lowest BCUT2D eigenvalue weighted by Crippen LogP contribution is -2.39. The van der Waals surface area contributed by atoms with Gasteiger partial charge in [0.25, 0.3) is 0 Å². The summed E-state index contributed by atoms with van der Waals surface area (Å²) in [6.45, 7) is 0.400. The van der Waals surface area contributed by atoms with Gasteiger partial charge in [0.05, 0.1) is 12.8 Å². The Morgan fingerprint density at radius 2 is 1.57 bits per heavy atom.